The highest BCUT2D eigenvalue weighted by Gasteiger charge is 2.27. The normalized spacial score (nSPS) is 17.5. The number of carbonyl (C=O) groups excluding carboxylic acids is 1. The van der Waals surface area contributed by atoms with Crippen LogP contribution in [0.1, 0.15) is 65.2 Å². The van der Waals surface area contributed by atoms with Gasteiger partial charge in [-0.1, -0.05) is 6.07 Å². The molecule has 2 aliphatic carbocycles. The van der Waals surface area contributed by atoms with Crippen molar-refractivity contribution in [2.75, 3.05) is 31.1 Å². The van der Waals surface area contributed by atoms with Gasteiger partial charge in [0, 0.05) is 50.4 Å². The SMILES string of the molecule is O=C(c1cc(Cc2n[nH]c(=O)c3ccc(OC4CCC4)cc23)ccc1F)N1CCN(c2ncc(C3CC3)cn2)CC1. The Morgan fingerprint density at radius 1 is 0.976 bits per heavy atom. The van der Waals surface area contributed by atoms with Crippen molar-refractivity contribution in [3.63, 3.8) is 0 Å². The Hall–Kier alpha value is -4.34. The third-order valence-corrected chi connectivity index (χ3v) is 8.38. The number of H-pyrrole nitrogens is 1. The van der Waals surface area contributed by atoms with E-state index in [0.717, 1.165) is 24.8 Å². The molecule has 1 amide bonds. The van der Waals surface area contributed by atoms with Crippen LogP contribution < -0.4 is 15.2 Å². The molecular weight excluding hydrogens is 523 g/mol. The van der Waals surface area contributed by atoms with Gasteiger partial charge in [-0.05, 0) is 79.5 Å². The Balaban J connectivity index is 1.07. The van der Waals surface area contributed by atoms with Crippen LogP contribution in [0.5, 0.6) is 5.75 Å². The first-order chi connectivity index (χ1) is 20.0. The van der Waals surface area contributed by atoms with Crippen LogP contribution in [0.2, 0.25) is 0 Å². The van der Waals surface area contributed by atoms with Gasteiger partial charge in [0.15, 0.2) is 0 Å². The molecule has 2 aromatic carbocycles. The topological polar surface area (TPSA) is 104 Å². The molecule has 0 spiro atoms. The van der Waals surface area contributed by atoms with Crippen molar-refractivity contribution < 1.29 is 13.9 Å². The van der Waals surface area contributed by atoms with Crippen LogP contribution in [-0.4, -0.2) is 63.3 Å². The standard InChI is InChI=1S/C31H31FN6O3/c32-27-9-4-19(15-28-25-16-23(41-22-2-1-3-22)7-8-24(25)29(39)36-35-28)14-26(27)30(40)37-10-12-38(13-11-37)31-33-17-21(18-34-31)20-5-6-20/h4,7-9,14,16-18,20,22H,1-3,5-6,10-13,15H2,(H,36,39). The Morgan fingerprint density at radius 2 is 1.76 bits per heavy atom. The van der Waals surface area contributed by atoms with Gasteiger partial charge in [-0.2, -0.15) is 5.10 Å². The average molecular weight is 555 g/mol. The van der Waals surface area contributed by atoms with E-state index < -0.39 is 5.82 Å². The Morgan fingerprint density at radius 3 is 2.46 bits per heavy atom. The number of benzene rings is 2. The first-order valence-electron chi connectivity index (χ1n) is 14.3. The lowest BCUT2D eigenvalue weighted by Crippen LogP contribution is -2.49. The smallest absolute Gasteiger partial charge is 0.272 e. The van der Waals surface area contributed by atoms with E-state index in [1.165, 1.54) is 24.5 Å². The van der Waals surface area contributed by atoms with Crippen molar-refractivity contribution in [2.45, 2.75) is 50.5 Å². The molecule has 3 heterocycles. The van der Waals surface area contributed by atoms with Crippen LogP contribution in [0.4, 0.5) is 10.3 Å². The molecule has 210 valence electrons. The van der Waals surface area contributed by atoms with E-state index in [2.05, 4.69) is 25.1 Å². The number of nitrogens with zero attached hydrogens (tertiary/aromatic N) is 5. The Bertz CT molecular complexity index is 1660. The number of hydrogen-bond donors (Lipinski definition) is 1. The number of hydrogen-bond acceptors (Lipinski definition) is 7. The van der Waals surface area contributed by atoms with Gasteiger partial charge in [-0.15, -0.1) is 0 Å². The van der Waals surface area contributed by atoms with E-state index in [9.17, 15) is 14.0 Å². The van der Waals surface area contributed by atoms with Gasteiger partial charge < -0.3 is 14.5 Å². The monoisotopic (exact) mass is 554 g/mol. The van der Waals surface area contributed by atoms with Gasteiger partial charge in [0.05, 0.1) is 22.7 Å². The fraction of sp³-hybridized carbons (Fsp3) is 0.387. The second-order valence-corrected chi connectivity index (χ2v) is 11.2. The van der Waals surface area contributed by atoms with Crippen molar-refractivity contribution in [1.29, 1.82) is 0 Å². The molecule has 3 aliphatic rings. The highest BCUT2D eigenvalue weighted by Crippen LogP contribution is 2.39. The minimum absolute atomic E-state index is 0.0312. The molecule has 41 heavy (non-hydrogen) atoms. The largest absolute Gasteiger partial charge is 0.490 e. The van der Waals surface area contributed by atoms with Crippen molar-refractivity contribution in [1.82, 2.24) is 25.1 Å². The second kappa shape index (κ2) is 10.6. The second-order valence-electron chi connectivity index (χ2n) is 11.2. The van der Waals surface area contributed by atoms with E-state index in [4.69, 9.17) is 4.74 Å². The quantitative estimate of drug-likeness (QED) is 0.365. The summed E-state index contributed by atoms with van der Waals surface area (Å²) in [5, 5.41) is 8.06. The van der Waals surface area contributed by atoms with E-state index in [1.807, 2.05) is 24.5 Å². The number of amides is 1. The predicted octanol–water partition coefficient (Wildman–Crippen LogP) is 4.21. The Kier molecular flexibility index (Phi) is 6.60. The molecule has 1 N–H and O–H groups in total. The molecule has 0 unspecified atom stereocenters. The molecule has 0 radical (unpaired) electrons. The number of fused-ring (bicyclic) bond motifs is 1. The van der Waals surface area contributed by atoms with Gasteiger partial charge in [0.1, 0.15) is 11.6 Å². The molecule has 4 aromatic rings. The predicted molar refractivity (Wildman–Crippen MR) is 152 cm³/mol. The number of piperazine rings is 1. The summed E-state index contributed by atoms with van der Waals surface area (Å²) in [4.78, 5) is 38.6. The van der Waals surface area contributed by atoms with Gasteiger partial charge >= 0.3 is 0 Å². The molecule has 3 fully saturated rings. The number of nitrogens with one attached hydrogen (secondary N) is 1. The van der Waals surface area contributed by atoms with Gasteiger partial charge in [-0.3, -0.25) is 9.59 Å². The maximum atomic E-state index is 14.9. The molecular formula is C31H31FN6O3. The highest BCUT2D eigenvalue weighted by atomic mass is 19.1. The third kappa shape index (κ3) is 5.26. The zero-order valence-electron chi connectivity index (χ0n) is 22.7. The fourth-order valence-electron chi connectivity index (χ4n) is 5.53. The van der Waals surface area contributed by atoms with E-state index in [1.54, 1.807) is 23.1 Å². The van der Waals surface area contributed by atoms with E-state index >= 15 is 0 Å². The van der Waals surface area contributed by atoms with Crippen molar-refractivity contribution in [3.8, 4) is 5.75 Å². The number of anilines is 1. The number of aromatic amines is 1. The third-order valence-electron chi connectivity index (χ3n) is 8.38. The molecule has 1 saturated heterocycles. The molecule has 9 nitrogen and oxygen atoms in total. The van der Waals surface area contributed by atoms with Crippen molar-refractivity contribution >= 4 is 22.6 Å². The number of carbonyl (C=O) groups is 1. The van der Waals surface area contributed by atoms with Crippen molar-refractivity contribution in [2.24, 2.45) is 0 Å². The molecule has 2 saturated carbocycles. The zero-order valence-corrected chi connectivity index (χ0v) is 22.7. The first-order valence-corrected chi connectivity index (χ1v) is 14.3. The summed E-state index contributed by atoms with van der Waals surface area (Å²) in [6.07, 6.45) is 9.96. The van der Waals surface area contributed by atoms with E-state index in [0.29, 0.717) is 66.7 Å². The summed E-state index contributed by atoms with van der Waals surface area (Å²) in [7, 11) is 0. The summed E-state index contributed by atoms with van der Waals surface area (Å²) in [5.41, 5.74) is 2.29. The van der Waals surface area contributed by atoms with Crippen molar-refractivity contribution in [3.05, 3.63) is 87.3 Å². The van der Waals surface area contributed by atoms with Crippen LogP contribution in [-0.2, 0) is 6.42 Å². The summed E-state index contributed by atoms with van der Waals surface area (Å²) in [6.45, 7) is 2.06. The maximum absolute atomic E-state index is 14.9. The van der Waals surface area contributed by atoms with Crippen LogP contribution in [0, 0.1) is 5.82 Å². The average Bonchev–Trinajstić information content (AvgIpc) is 3.83. The van der Waals surface area contributed by atoms with Gasteiger partial charge in [0.25, 0.3) is 11.5 Å². The number of rotatable bonds is 7. The number of ether oxygens (including phenoxy) is 1. The van der Waals surface area contributed by atoms with Crippen LogP contribution in [0.3, 0.4) is 0 Å². The first kappa shape index (κ1) is 25.6. The number of halogens is 1. The lowest BCUT2D eigenvalue weighted by molar-refractivity contribution is 0.0741. The molecule has 2 aromatic heterocycles. The van der Waals surface area contributed by atoms with Crippen LogP contribution in [0.15, 0.2) is 53.6 Å². The summed E-state index contributed by atoms with van der Waals surface area (Å²) >= 11 is 0. The zero-order chi connectivity index (χ0) is 27.9. The molecule has 0 bridgehead atoms. The number of aromatic nitrogens is 4. The highest BCUT2D eigenvalue weighted by molar-refractivity contribution is 5.95. The van der Waals surface area contributed by atoms with Gasteiger partial charge in [-0.25, -0.2) is 19.5 Å². The molecule has 10 heteroatoms. The summed E-state index contributed by atoms with van der Waals surface area (Å²) in [6, 6.07) is 9.98. The fourth-order valence-corrected chi connectivity index (χ4v) is 5.53. The minimum atomic E-state index is -0.560. The summed E-state index contributed by atoms with van der Waals surface area (Å²) < 4.78 is 21.0. The van der Waals surface area contributed by atoms with Gasteiger partial charge in [0.2, 0.25) is 5.95 Å². The lowest BCUT2D eigenvalue weighted by Gasteiger charge is -2.34. The molecule has 7 rings (SSSR count). The Labute approximate surface area is 236 Å². The summed E-state index contributed by atoms with van der Waals surface area (Å²) in [5.74, 6) is 1.07. The lowest BCUT2D eigenvalue weighted by atomic mass is 9.96. The van der Waals surface area contributed by atoms with Crippen LogP contribution >= 0.6 is 0 Å². The van der Waals surface area contributed by atoms with Crippen LogP contribution in [0.25, 0.3) is 10.8 Å². The molecule has 1 aliphatic heterocycles. The maximum Gasteiger partial charge on any atom is 0.272 e. The molecule has 0 atom stereocenters. The minimum Gasteiger partial charge on any atom is -0.490 e. The van der Waals surface area contributed by atoms with E-state index in [-0.39, 0.29) is 23.1 Å².